The highest BCUT2D eigenvalue weighted by Gasteiger charge is 2.36. The number of carbonyl (C=O) groups excluding carboxylic acids is 1. The van der Waals surface area contributed by atoms with Crippen LogP contribution in [-0.2, 0) is 9.53 Å². The molecule has 0 radical (unpaired) electrons. The molecule has 11 heteroatoms. The fraction of sp³-hybridized carbons (Fsp3) is 0.118. The molecular weight excluding hydrogens is 596 g/mol. The molecule has 45 heavy (non-hydrogen) atoms. The van der Waals surface area contributed by atoms with Gasteiger partial charge in [-0.3, -0.25) is 9.36 Å². The van der Waals surface area contributed by atoms with Crippen molar-refractivity contribution in [1.82, 2.24) is 4.57 Å². The first kappa shape index (κ1) is 28.1. The molecule has 0 bridgehead atoms. The van der Waals surface area contributed by atoms with Crippen molar-refractivity contribution in [3.8, 4) is 22.8 Å². The van der Waals surface area contributed by atoms with Gasteiger partial charge in [0.15, 0.2) is 16.3 Å². The first-order valence-corrected chi connectivity index (χ1v) is 14.8. The van der Waals surface area contributed by atoms with E-state index in [2.05, 4.69) is 0 Å². The molecule has 1 N–H and O–H groups in total. The summed E-state index contributed by atoms with van der Waals surface area (Å²) in [7, 11) is 0. The number of furan rings is 1. The van der Waals surface area contributed by atoms with Crippen molar-refractivity contribution >= 4 is 35.0 Å². The summed E-state index contributed by atoms with van der Waals surface area (Å²) in [6, 6.07) is 23.6. The predicted molar refractivity (Wildman–Crippen MR) is 165 cm³/mol. The van der Waals surface area contributed by atoms with Gasteiger partial charge in [-0.05, 0) is 48.9 Å². The summed E-state index contributed by atoms with van der Waals surface area (Å²) >= 11 is 1.17. The molecule has 0 amide bonds. The van der Waals surface area contributed by atoms with Gasteiger partial charge in [-0.1, -0.05) is 59.9 Å². The number of esters is 1. The van der Waals surface area contributed by atoms with Crippen LogP contribution in [0.1, 0.15) is 40.2 Å². The molecular formula is C34H24N2O8S. The van der Waals surface area contributed by atoms with Crippen LogP contribution in [0.15, 0.2) is 105 Å². The molecule has 7 rings (SSSR count). The number of nitrogens with zero attached hydrogens (tertiary/aromatic N) is 2. The van der Waals surface area contributed by atoms with Crippen LogP contribution < -0.4 is 24.4 Å². The average Bonchev–Trinajstić information content (AvgIpc) is 3.80. The third-order valence-electron chi connectivity index (χ3n) is 7.38. The van der Waals surface area contributed by atoms with Crippen molar-refractivity contribution in [3.63, 3.8) is 0 Å². The van der Waals surface area contributed by atoms with Crippen LogP contribution in [0, 0.1) is 0 Å². The number of carboxylic acid groups (broad SMARTS) is 1. The first-order valence-electron chi connectivity index (χ1n) is 14.0. The Balaban J connectivity index is 1.41. The van der Waals surface area contributed by atoms with E-state index < -0.39 is 18.0 Å². The molecule has 0 aliphatic carbocycles. The van der Waals surface area contributed by atoms with Crippen molar-refractivity contribution in [2.24, 2.45) is 4.99 Å². The van der Waals surface area contributed by atoms with E-state index in [1.54, 1.807) is 55.5 Å². The van der Waals surface area contributed by atoms with Crippen LogP contribution in [0.5, 0.6) is 11.5 Å². The van der Waals surface area contributed by atoms with Crippen LogP contribution in [0.25, 0.3) is 23.1 Å². The van der Waals surface area contributed by atoms with E-state index in [4.69, 9.17) is 23.6 Å². The largest absolute Gasteiger partial charge is 0.478 e. The highest BCUT2D eigenvalue weighted by Crippen LogP contribution is 2.40. The van der Waals surface area contributed by atoms with Crippen LogP contribution in [0.2, 0.25) is 0 Å². The van der Waals surface area contributed by atoms with Gasteiger partial charge in [0.1, 0.15) is 11.5 Å². The Hall–Kier alpha value is -5.68. The maximum absolute atomic E-state index is 14.1. The zero-order chi connectivity index (χ0) is 31.1. The second-order valence-corrected chi connectivity index (χ2v) is 11.1. The molecule has 1 unspecified atom stereocenters. The molecule has 1 atom stereocenters. The van der Waals surface area contributed by atoms with Crippen LogP contribution in [0.4, 0.5) is 0 Å². The monoisotopic (exact) mass is 620 g/mol. The highest BCUT2D eigenvalue weighted by atomic mass is 32.1. The molecule has 5 aromatic rings. The Morgan fingerprint density at radius 1 is 1.00 bits per heavy atom. The Labute approximate surface area is 259 Å². The van der Waals surface area contributed by atoms with Crippen LogP contribution >= 0.6 is 11.3 Å². The van der Waals surface area contributed by atoms with E-state index in [0.29, 0.717) is 54.7 Å². The van der Waals surface area contributed by atoms with E-state index in [-0.39, 0.29) is 30.1 Å². The van der Waals surface area contributed by atoms with Gasteiger partial charge in [0.05, 0.1) is 34.0 Å². The standard InChI is InChI=1S/C34H24N2O8S/c1-2-41-33(40)28-29(19-7-4-3-5-8-19)35-34-36(30(28)21-11-13-25-26(16-21)43-18-42-25)31(37)27(45-34)17-23-12-14-24(44-23)20-9-6-10-22(15-20)32(38)39/h3-17,30H,2,18H2,1H3,(H,38,39). The zero-order valence-corrected chi connectivity index (χ0v) is 24.6. The van der Waals surface area contributed by atoms with Crippen molar-refractivity contribution in [2.75, 3.05) is 13.4 Å². The second kappa shape index (κ2) is 11.4. The second-order valence-electron chi connectivity index (χ2n) is 10.1. The summed E-state index contributed by atoms with van der Waals surface area (Å²) in [4.78, 5) is 44.5. The third kappa shape index (κ3) is 5.12. The number of benzene rings is 3. The highest BCUT2D eigenvalue weighted by molar-refractivity contribution is 7.07. The number of rotatable bonds is 7. The number of fused-ring (bicyclic) bond motifs is 2. The number of hydrogen-bond donors (Lipinski definition) is 1. The molecule has 2 aliphatic heterocycles. The van der Waals surface area contributed by atoms with Gasteiger partial charge >= 0.3 is 11.9 Å². The minimum Gasteiger partial charge on any atom is -0.478 e. The average molecular weight is 621 g/mol. The van der Waals surface area contributed by atoms with E-state index in [1.165, 1.54) is 28.0 Å². The lowest BCUT2D eigenvalue weighted by Crippen LogP contribution is -2.40. The number of aromatic nitrogens is 1. The molecule has 2 aliphatic rings. The maximum atomic E-state index is 14.1. The van der Waals surface area contributed by atoms with Gasteiger partial charge in [0.2, 0.25) is 6.79 Å². The zero-order valence-electron chi connectivity index (χ0n) is 23.8. The molecule has 3 aromatic carbocycles. The summed E-state index contributed by atoms with van der Waals surface area (Å²) in [6.07, 6.45) is 1.61. The topological polar surface area (TPSA) is 130 Å². The quantitative estimate of drug-likeness (QED) is 0.261. The third-order valence-corrected chi connectivity index (χ3v) is 8.36. The lowest BCUT2D eigenvalue weighted by atomic mass is 9.93. The number of hydrogen-bond acceptors (Lipinski definition) is 9. The summed E-state index contributed by atoms with van der Waals surface area (Å²) in [5.74, 6) is 0.287. The van der Waals surface area contributed by atoms with Crippen LogP contribution in [-0.4, -0.2) is 35.0 Å². The normalized spacial score (nSPS) is 15.5. The van der Waals surface area contributed by atoms with Gasteiger partial charge in [0, 0.05) is 17.2 Å². The van der Waals surface area contributed by atoms with E-state index >= 15 is 0 Å². The molecule has 0 saturated carbocycles. The Morgan fingerprint density at radius 2 is 1.80 bits per heavy atom. The van der Waals surface area contributed by atoms with Crippen LogP contribution in [0.3, 0.4) is 0 Å². The number of carbonyl (C=O) groups is 2. The summed E-state index contributed by atoms with van der Waals surface area (Å²) in [5.41, 5.74) is 2.29. The van der Waals surface area contributed by atoms with Crippen molar-refractivity contribution in [1.29, 1.82) is 0 Å². The minimum absolute atomic E-state index is 0.0725. The fourth-order valence-corrected chi connectivity index (χ4v) is 6.34. The molecule has 0 spiro atoms. The fourth-order valence-electron chi connectivity index (χ4n) is 5.36. The van der Waals surface area contributed by atoms with E-state index in [9.17, 15) is 19.5 Å². The lowest BCUT2D eigenvalue weighted by Gasteiger charge is -2.26. The Morgan fingerprint density at radius 3 is 2.60 bits per heavy atom. The molecule has 4 heterocycles. The number of ether oxygens (including phenoxy) is 3. The van der Waals surface area contributed by atoms with Gasteiger partial charge < -0.3 is 23.7 Å². The van der Waals surface area contributed by atoms with E-state index in [1.807, 2.05) is 30.3 Å². The van der Waals surface area contributed by atoms with E-state index in [0.717, 1.165) is 0 Å². The minimum atomic E-state index is -1.04. The van der Waals surface area contributed by atoms with Gasteiger partial charge in [-0.25, -0.2) is 14.6 Å². The molecule has 2 aromatic heterocycles. The SMILES string of the molecule is CCOC(=O)C1=C(c2ccccc2)N=c2sc(=Cc3ccc(-c4cccc(C(=O)O)c4)o3)c(=O)n2C1c1ccc2c(c1)OCO2. The maximum Gasteiger partial charge on any atom is 0.338 e. The van der Waals surface area contributed by atoms with Gasteiger partial charge in [0.25, 0.3) is 5.56 Å². The van der Waals surface area contributed by atoms with Crippen molar-refractivity contribution in [2.45, 2.75) is 13.0 Å². The molecule has 0 fully saturated rings. The number of aromatic carboxylic acids is 1. The summed E-state index contributed by atoms with van der Waals surface area (Å²) < 4.78 is 24.5. The lowest BCUT2D eigenvalue weighted by molar-refractivity contribution is -0.138. The molecule has 224 valence electrons. The van der Waals surface area contributed by atoms with Gasteiger partial charge in [-0.2, -0.15) is 0 Å². The first-order chi connectivity index (χ1) is 21.9. The number of carboxylic acids is 1. The summed E-state index contributed by atoms with van der Waals surface area (Å²) in [5, 5.41) is 9.36. The Kier molecular flexibility index (Phi) is 7.14. The summed E-state index contributed by atoms with van der Waals surface area (Å²) in [6.45, 7) is 1.93. The van der Waals surface area contributed by atoms with Gasteiger partial charge in [-0.15, -0.1) is 0 Å². The number of thiazole rings is 1. The predicted octanol–water partition coefficient (Wildman–Crippen LogP) is 4.62. The van der Waals surface area contributed by atoms with Crippen molar-refractivity contribution < 1.29 is 33.3 Å². The van der Waals surface area contributed by atoms with Crippen molar-refractivity contribution in [3.05, 3.63) is 133 Å². The molecule has 0 saturated heterocycles. The Bertz CT molecular complexity index is 2190. The molecule has 10 nitrogen and oxygen atoms in total. The smallest absolute Gasteiger partial charge is 0.338 e.